The van der Waals surface area contributed by atoms with Crippen LogP contribution in [0.25, 0.3) is 0 Å². The summed E-state index contributed by atoms with van der Waals surface area (Å²) in [6, 6.07) is 5.47. The predicted octanol–water partition coefficient (Wildman–Crippen LogP) is 2.57. The van der Waals surface area contributed by atoms with E-state index in [4.69, 9.17) is 10.4 Å². The Morgan fingerprint density at radius 3 is 2.68 bits per heavy atom. The van der Waals surface area contributed by atoms with Gasteiger partial charge in [-0.05, 0) is 38.5 Å². The van der Waals surface area contributed by atoms with E-state index in [9.17, 15) is 13.4 Å². The van der Waals surface area contributed by atoms with Gasteiger partial charge >= 0.3 is 5.97 Å². The summed E-state index contributed by atoms with van der Waals surface area (Å²) in [7, 11) is -1.45. The number of carboxylic acids is 1. The fourth-order valence-electron chi connectivity index (χ4n) is 1.33. The van der Waals surface area contributed by atoms with Crippen LogP contribution in [0.1, 0.15) is 30.6 Å². The molecule has 6 heteroatoms. The number of carbonyl (C=O) groups is 1. The molecule has 1 N–H and O–H groups in total. The number of hydrogen-bond donors (Lipinski definition) is 1. The zero-order chi connectivity index (χ0) is 14.6. The van der Waals surface area contributed by atoms with Crippen LogP contribution >= 0.6 is 0 Å². The molecule has 0 fully saturated rings. The third-order valence-corrected chi connectivity index (χ3v) is 4.00. The van der Waals surface area contributed by atoms with E-state index in [0.717, 1.165) is 12.1 Å². The smallest absolute Gasteiger partial charge is 0.338 e. The van der Waals surface area contributed by atoms with Gasteiger partial charge in [-0.3, -0.25) is 4.21 Å². The normalized spacial score (nSPS) is 12.7. The minimum absolute atomic E-state index is 0.227. The molecule has 0 aliphatic carbocycles. The lowest BCUT2D eigenvalue weighted by atomic mass is 9.93. The fraction of sp³-hybridized carbons (Fsp3) is 0.385. The monoisotopic (exact) mass is 283 g/mol. The van der Waals surface area contributed by atoms with E-state index in [1.807, 2.05) is 0 Å². The second-order valence-electron chi connectivity index (χ2n) is 4.74. The van der Waals surface area contributed by atoms with Gasteiger partial charge in [0.25, 0.3) is 0 Å². The highest BCUT2D eigenvalue weighted by Crippen LogP contribution is 2.21. The highest BCUT2D eigenvalue weighted by Gasteiger charge is 2.19. The van der Waals surface area contributed by atoms with Crippen molar-refractivity contribution in [3.05, 3.63) is 29.6 Å². The van der Waals surface area contributed by atoms with Crippen molar-refractivity contribution in [2.75, 3.05) is 5.75 Å². The molecule has 0 radical (unpaired) electrons. The van der Waals surface area contributed by atoms with Gasteiger partial charge in [-0.15, -0.1) is 0 Å². The highest BCUT2D eigenvalue weighted by molar-refractivity contribution is 7.85. The van der Waals surface area contributed by atoms with E-state index in [1.54, 1.807) is 13.8 Å². The molecular formula is C13H14FNO3S. The second-order valence-corrected chi connectivity index (χ2v) is 6.31. The Labute approximate surface area is 113 Å². The molecule has 0 saturated heterocycles. The van der Waals surface area contributed by atoms with E-state index in [-0.39, 0.29) is 10.6 Å². The summed E-state index contributed by atoms with van der Waals surface area (Å²) in [6.45, 7) is 3.47. The zero-order valence-electron chi connectivity index (χ0n) is 10.6. The molecule has 1 rings (SSSR count). The Balaban J connectivity index is 2.87. The number of nitriles is 1. The minimum atomic E-state index is -1.45. The van der Waals surface area contributed by atoms with Crippen LogP contribution in [0.5, 0.6) is 0 Å². The lowest BCUT2D eigenvalue weighted by Crippen LogP contribution is -2.13. The third-order valence-electron chi connectivity index (χ3n) is 2.65. The van der Waals surface area contributed by atoms with Crippen LogP contribution in [0.4, 0.5) is 4.39 Å². The first-order valence-corrected chi connectivity index (χ1v) is 6.91. The maximum atomic E-state index is 13.2. The van der Waals surface area contributed by atoms with Crippen molar-refractivity contribution in [2.24, 2.45) is 5.41 Å². The number of aromatic carboxylic acids is 1. The average molecular weight is 283 g/mol. The molecule has 1 unspecified atom stereocenters. The van der Waals surface area contributed by atoms with Crippen LogP contribution in [0.2, 0.25) is 0 Å². The SMILES string of the molecule is CC(C)(C#N)CCS(=O)c1ccc(F)c(C(=O)O)c1. The number of carboxylic acid groups (broad SMARTS) is 1. The van der Waals surface area contributed by atoms with Gasteiger partial charge in [0.15, 0.2) is 0 Å². The number of benzene rings is 1. The number of hydrogen-bond acceptors (Lipinski definition) is 3. The van der Waals surface area contributed by atoms with Gasteiger partial charge in [0.1, 0.15) is 5.82 Å². The van der Waals surface area contributed by atoms with Crippen molar-refractivity contribution in [1.82, 2.24) is 0 Å². The second kappa shape index (κ2) is 5.93. The quantitative estimate of drug-likeness (QED) is 0.900. The van der Waals surface area contributed by atoms with Gasteiger partial charge in [0.05, 0.1) is 27.8 Å². The Bertz CT molecular complexity index is 563. The van der Waals surface area contributed by atoms with Gasteiger partial charge in [0.2, 0.25) is 0 Å². The maximum Gasteiger partial charge on any atom is 0.338 e. The number of nitrogens with zero attached hydrogens (tertiary/aromatic N) is 1. The summed E-state index contributed by atoms with van der Waals surface area (Å²) in [6.07, 6.45) is 0.413. The average Bonchev–Trinajstić information content (AvgIpc) is 2.36. The number of rotatable bonds is 5. The van der Waals surface area contributed by atoms with E-state index in [0.29, 0.717) is 6.42 Å². The zero-order valence-corrected chi connectivity index (χ0v) is 11.5. The predicted molar refractivity (Wildman–Crippen MR) is 68.6 cm³/mol. The standard InChI is InChI=1S/C13H14FNO3S/c1-13(2,8-15)5-6-19(18)9-3-4-11(14)10(7-9)12(16)17/h3-4,7H,5-6H2,1-2H3,(H,16,17). The highest BCUT2D eigenvalue weighted by atomic mass is 32.2. The fourth-order valence-corrected chi connectivity index (χ4v) is 2.73. The van der Waals surface area contributed by atoms with Crippen molar-refractivity contribution >= 4 is 16.8 Å². The molecule has 0 bridgehead atoms. The molecule has 1 aromatic rings. The Morgan fingerprint density at radius 1 is 1.53 bits per heavy atom. The summed E-state index contributed by atoms with van der Waals surface area (Å²) in [5.41, 5.74) is -1.09. The van der Waals surface area contributed by atoms with Gasteiger partial charge < -0.3 is 5.11 Å². The molecule has 1 aromatic carbocycles. The first-order chi connectivity index (χ1) is 8.76. The van der Waals surface area contributed by atoms with E-state index < -0.39 is 33.6 Å². The molecule has 102 valence electrons. The molecule has 0 aliphatic heterocycles. The van der Waals surface area contributed by atoms with Crippen molar-refractivity contribution in [3.8, 4) is 6.07 Å². The topological polar surface area (TPSA) is 78.2 Å². The molecule has 0 saturated carbocycles. The van der Waals surface area contributed by atoms with Gasteiger partial charge in [-0.1, -0.05) is 0 Å². The summed E-state index contributed by atoms with van der Waals surface area (Å²) in [5, 5.41) is 17.6. The first-order valence-electron chi connectivity index (χ1n) is 5.59. The molecular weight excluding hydrogens is 269 g/mol. The summed E-state index contributed by atoms with van der Waals surface area (Å²) >= 11 is 0. The van der Waals surface area contributed by atoms with Crippen LogP contribution in [0.15, 0.2) is 23.1 Å². The molecule has 4 nitrogen and oxygen atoms in total. The lowest BCUT2D eigenvalue weighted by Gasteiger charge is -2.14. The minimum Gasteiger partial charge on any atom is -0.478 e. The summed E-state index contributed by atoms with van der Waals surface area (Å²) < 4.78 is 25.2. The Kier molecular flexibility index (Phi) is 4.78. The molecule has 0 amide bonds. The van der Waals surface area contributed by atoms with Crippen LogP contribution < -0.4 is 0 Å². The molecule has 1 atom stereocenters. The summed E-state index contributed by atoms with van der Waals surface area (Å²) in [5.74, 6) is -2.02. The maximum absolute atomic E-state index is 13.2. The van der Waals surface area contributed by atoms with Crippen molar-refractivity contribution in [3.63, 3.8) is 0 Å². The van der Waals surface area contributed by atoms with Crippen LogP contribution in [-0.4, -0.2) is 21.0 Å². The molecule has 0 spiro atoms. The van der Waals surface area contributed by atoms with E-state index >= 15 is 0 Å². The number of halogens is 1. The first kappa shape index (κ1) is 15.3. The molecule has 19 heavy (non-hydrogen) atoms. The molecule has 0 aliphatic rings. The largest absolute Gasteiger partial charge is 0.478 e. The Hall–Kier alpha value is -1.74. The Morgan fingerprint density at radius 2 is 2.16 bits per heavy atom. The third kappa shape index (κ3) is 4.14. The van der Waals surface area contributed by atoms with Gasteiger partial charge in [-0.2, -0.15) is 5.26 Å². The van der Waals surface area contributed by atoms with Crippen LogP contribution in [-0.2, 0) is 10.8 Å². The van der Waals surface area contributed by atoms with Crippen molar-refractivity contribution < 1.29 is 18.5 Å². The van der Waals surface area contributed by atoms with Gasteiger partial charge in [-0.25, -0.2) is 9.18 Å². The van der Waals surface area contributed by atoms with Crippen molar-refractivity contribution in [1.29, 1.82) is 5.26 Å². The van der Waals surface area contributed by atoms with Crippen molar-refractivity contribution in [2.45, 2.75) is 25.2 Å². The van der Waals surface area contributed by atoms with Gasteiger partial charge in [0, 0.05) is 10.6 Å². The molecule has 0 heterocycles. The van der Waals surface area contributed by atoms with E-state index in [2.05, 4.69) is 6.07 Å². The van der Waals surface area contributed by atoms with E-state index in [1.165, 1.54) is 6.07 Å². The van der Waals surface area contributed by atoms with Crippen LogP contribution in [0, 0.1) is 22.6 Å². The molecule has 0 aromatic heterocycles. The van der Waals surface area contributed by atoms with Crippen LogP contribution in [0.3, 0.4) is 0 Å². The summed E-state index contributed by atoms with van der Waals surface area (Å²) in [4.78, 5) is 11.0. The lowest BCUT2D eigenvalue weighted by molar-refractivity contribution is 0.0691.